The normalized spacial score (nSPS) is 10.4. The van der Waals surface area contributed by atoms with Crippen LogP contribution in [0.25, 0.3) is 0 Å². The van der Waals surface area contributed by atoms with E-state index in [2.05, 4.69) is 0 Å². The number of carbonyl (C=O) groups excluding carboxylic acids is 1. The van der Waals surface area contributed by atoms with Gasteiger partial charge in [-0.3, -0.25) is 4.79 Å². The summed E-state index contributed by atoms with van der Waals surface area (Å²) < 4.78 is 20.0. The van der Waals surface area contributed by atoms with Crippen molar-refractivity contribution in [2.24, 2.45) is 0 Å². The molecule has 0 bridgehead atoms. The molecule has 7 heteroatoms. The summed E-state index contributed by atoms with van der Waals surface area (Å²) >= 11 is 0. The van der Waals surface area contributed by atoms with Crippen molar-refractivity contribution in [2.45, 2.75) is 19.8 Å². The molecule has 0 spiro atoms. The highest BCUT2D eigenvalue weighted by Crippen LogP contribution is 1.91. The first-order valence-electron chi connectivity index (χ1n) is 6.27. The van der Waals surface area contributed by atoms with Crippen LogP contribution in [0.4, 0.5) is 0 Å². The SMILES string of the molecule is CCCC(=O)OCCOCCOCCOCC(=O)O. The summed E-state index contributed by atoms with van der Waals surface area (Å²) in [5, 5.41) is 8.29. The van der Waals surface area contributed by atoms with Crippen molar-refractivity contribution in [3.05, 3.63) is 0 Å². The molecule has 0 heterocycles. The molecule has 0 unspecified atom stereocenters. The van der Waals surface area contributed by atoms with Crippen LogP contribution in [0.3, 0.4) is 0 Å². The molecule has 0 saturated carbocycles. The summed E-state index contributed by atoms with van der Waals surface area (Å²) in [6, 6.07) is 0. The molecule has 0 aromatic rings. The maximum absolute atomic E-state index is 11.0. The zero-order valence-electron chi connectivity index (χ0n) is 11.3. The highest BCUT2D eigenvalue weighted by molar-refractivity contribution is 5.69. The standard InChI is InChI=1S/C12H22O7/c1-2-3-12(15)19-9-8-17-5-4-16-6-7-18-10-11(13)14/h2-10H2,1H3,(H,13,14). The first-order chi connectivity index (χ1) is 9.16. The summed E-state index contributed by atoms with van der Waals surface area (Å²) in [7, 11) is 0. The van der Waals surface area contributed by atoms with E-state index in [0.717, 1.165) is 6.42 Å². The molecule has 1 N–H and O–H groups in total. The molecule has 0 aliphatic heterocycles. The fraction of sp³-hybridized carbons (Fsp3) is 0.833. The third-order valence-electron chi connectivity index (χ3n) is 1.91. The van der Waals surface area contributed by atoms with E-state index in [-0.39, 0.29) is 25.8 Å². The smallest absolute Gasteiger partial charge is 0.329 e. The molecule has 0 aromatic carbocycles. The van der Waals surface area contributed by atoms with Crippen LogP contribution in [-0.2, 0) is 28.5 Å². The summed E-state index contributed by atoms with van der Waals surface area (Å²) in [6.07, 6.45) is 1.21. The molecule has 0 fully saturated rings. The van der Waals surface area contributed by atoms with Gasteiger partial charge in [-0.15, -0.1) is 0 Å². The fourth-order valence-corrected chi connectivity index (χ4v) is 1.09. The minimum Gasteiger partial charge on any atom is -0.480 e. The van der Waals surface area contributed by atoms with Crippen LogP contribution in [0, 0.1) is 0 Å². The van der Waals surface area contributed by atoms with Gasteiger partial charge in [0.05, 0.1) is 33.0 Å². The number of carboxylic acids is 1. The first-order valence-corrected chi connectivity index (χ1v) is 6.27. The lowest BCUT2D eigenvalue weighted by Crippen LogP contribution is -2.15. The van der Waals surface area contributed by atoms with E-state index in [1.165, 1.54) is 0 Å². The summed E-state index contributed by atoms with van der Waals surface area (Å²) in [6.45, 7) is 3.53. The second kappa shape index (κ2) is 13.3. The van der Waals surface area contributed by atoms with Gasteiger partial charge in [0.2, 0.25) is 0 Å². The number of aliphatic carboxylic acids is 1. The van der Waals surface area contributed by atoms with E-state index < -0.39 is 5.97 Å². The van der Waals surface area contributed by atoms with Gasteiger partial charge >= 0.3 is 11.9 Å². The third-order valence-corrected chi connectivity index (χ3v) is 1.91. The van der Waals surface area contributed by atoms with Gasteiger partial charge in [0.15, 0.2) is 0 Å². The molecule has 0 aromatic heterocycles. The molecular weight excluding hydrogens is 256 g/mol. The molecular formula is C12H22O7. The number of hydrogen-bond acceptors (Lipinski definition) is 6. The van der Waals surface area contributed by atoms with E-state index in [4.69, 9.17) is 24.1 Å². The van der Waals surface area contributed by atoms with Gasteiger partial charge in [-0.2, -0.15) is 0 Å². The molecule has 0 saturated heterocycles. The first kappa shape index (κ1) is 17.8. The van der Waals surface area contributed by atoms with Crippen LogP contribution in [0.5, 0.6) is 0 Å². The monoisotopic (exact) mass is 278 g/mol. The van der Waals surface area contributed by atoms with Crippen molar-refractivity contribution in [1.82, 2.24) is 0 Å². The summed E-state index contributed by atoms with van der Waals surface area (Å²) in [5.41, 5.74) is 0. The van der Waals surface area contributed by atoms with E-state index >= 15 is 0 Å². The van der Waals surface area contributed by atoms with E-state index in [1.54, 1.807) is 0 Å². The van der Waals surface area contributed by atoms with Crippen LogP contribution >= 0.6 is 0 Å². The van der Waals surface area contributed by atoms with Gasteiger partial charge in [0, 0.05) is 6.42 Å². The Morgan fingerprint density at radius 3 is 1.95 bits per heavy atom. The quantitative estimate of drug-likeness (QED) is 0.386. The Labute approximate surface area is 112 Å². The minimum atomic E-state index is -0.999. The average Bonchev–Trinajstić information content (AvgIpc) is 2.36. The lowest BCUT2D eigenvalue weighted by Gasteiger charge is -2.06. The number of carbonyl (C=O) groups is 2. The van der Waals surface area contributed by atoms with Gasteiger partial charge in [-0.1, -0.05) is 6.92 Å². The van der Waals surface area contributed by atoms with Crippen molar-refractivity contribution in [3.63, 3.8) is 0 Å². The largest absolute Gasteiger partial charge is 0.480 e. The fourth-order valence-electron chi connectivity index (χ4n) is 1.09. The topological polar surface area (TPSA) is 91.3 Å². The predicted octanol–water partition coefficient (Wildman–Crippen LogP) is 0.464. The molecule has 0 radical (unpaired) electrons. The molecule has 7 nitrogen and oxygen atoms in total. The zero-order valence-corrected chi connectivity index (χ0v) is 11.3. The maximum atomic E-state index is 11.0. The van der Waals surface area contributed by atoms with Crippen molar-refractivity contribution < 1.29 is 33.6 Å². The van der Waals surface area contributed by atoms with Gasteiger partial charge < -0.3 is 24.1 Å². The highest BCUT2D eigenvalue weighted by Gasteiger charge is 1.99. The summed E-state index contributed by atoms with van der Waals surface area (Å²) in [5.74, 6) is -1.21. The summed E-state index contributed by atoms with van der Waals surface area (Å²) in [4.78, 5) is 21.1. The second-order valence-corrected chi connectivity index (χ2v) is 3.64. The Morgan fingerprint density at radius 2 is 1.42 bits per heavy atom. The molecule has 0 rings (SSSR count). The average molecular weight is 278 g/mol. The van der Waals surface area contributed by atoms with Gasteiger partial charge in [-0.05, 0) is 6.42 Å². The number of carboxylic acid groups (broad SMARTS) is 1. The van der Waals surface area contributed by atoms with Gasteiger partial charge in [0.25, 0.3) is 0 Å². The predicted molar refractivity (Wildman–Crippen MR) is 66.0 cm³/mol. The van der Waals surface area contributed by atoms with Crippen LogP contribution in [-0.4, -0.2) is 63.3 Å². The highest BCUT2D eigenvalue weighted by atomic mass is 16.6. The van der Waals surface area contributed by atoms with Crippen molar-refractivity contribution in [3.8, 4) is 0 Å². The van der Waals surface area contributed by atoms with Crippen molar-refractivity contribution in [1.29, 1.82) is 0 Å². The molecule has 0 aliphatic carbocycles. The Bertz CT molecular complexity index is 242. The number of esters is 1. The van der Waals surface area contributed by atoms with E-state index in [1.807, 2.05) is 6.92 Å². The van der Waals surface area contributed by atoms with Crippen LogP contribution < -0.4 is 0 Å². The van der Waals surface area contributed by atoms with Crippen molar-refractivity contribution >= 4 is 11.9 Å². The molecule has 112 valence electrons. The van der Waals surface area contributed by atoms with Crippen LogP contribution in [0.1, 0.15) is 19.8 Å². The second-order valence-electron chi connectivity index (χ2n) is 3.64. The van der Waals surface area contributed by atoms with E-state index in [9.17, 15) is 9.59 Å². The molecule has 19 heavy (non-hydrogen) atoms. The number of hydrogen-bond donors (Lipinski definition) is 1. The lowest BCUT2D eigenvalue weighted by atomic mass is 10.3. The zero-order chi connectivity index (χ0) is 14.3. The minimum absolute atomic E-state index is 0.210. The van der Waals surface area contributed by atoms with Gasteiger partial charge in [-0.25, -0.2) is 4.79 Å². The lowest BCUT2D eigenvalue weighted by molar-refractivity contribution is -0.145. The van der Waals surface area contributed by atoms with Gasteiger partial charge in [0.1, 0.15) is 13.2 Å². The number of ether oxygens (including phenoxy) is 4. The molecule has 0 atom stereocenters. The Morgan fingerprint density at radius 1 is 0.895 bits per heavy atom. The van der Waals surface area contributed by atoms with E-state index in [0.29, 0.717) is 32.8 Å². The third kappa shape index (κ3) is 14.8. The molecule has 0 amide bonds. The van der Waals surface area contributed by atoms with Crippen LogP contribution in [0.15, 0.2) is 0 Å². The molecule has 0 aliphatic rings. The van der Waals surface area contributed by atoms with Crippen LogP contribution in [0.2, 0.25) is 0 Å². The Hall–Kier alpha value is -1.18. The Balaban J connectivity index is 3.06. The maximum Gasteiger partial charge on any atom is 0.329 e. The van der Waals surface area contributed by atoms with Crippen molar-refractivity contribution in [2.75, 3.05) is 46.2 Å². The Kier molecular flexibility index (Phi) is 12.4. The number of rotatable bonds is 13.